The second kappa shape index (κ2) is 7.40. The molecule has 0 bridgehead atoms. The lowest BCUT2D eigenvalue weighted by atomic mass is 9.56. The molecule has 4 N–H and O–H groups in total. The van der Waals surface area contributed by atoms with Crippen molar-refractivity contribution >= 4 is 18.1 Å². The van der Waals surface area contributed by atoms with Gasteiger partial charge >= 0.3 is 11.9 Å². The smallest absolute Gasteiger partial charge is 0.388 e. The zero-order valence-corrected chi connectivity index (χ0v) is 16.2. The fraction of sp³-hybridized carbons (Fsp3) is 0.529. The monoisotopic (exact) mass is 424 g/mol. The van der Waals surface area contributed by atoms with E-state index in [1.54, 1.807) is 6.92 Å². The van der Waals surface area contributed by atoms with Crippen LogP contribution in [0.2, 0.25) is 0 Å². The molecule has 1 saturated carbocycles. The van der Waals surface area contributed by atoms with Crippen LogP contribution in [0.1, 0.15) is 32.8 Å². The summed E-state index contributed by atoms with van der Waals surface area (Å²) in [6.45, 7) is 5.63. The van der Waals surface area contributed by atoms with Crippen LogP contribution in [0.25, 0.3) is 11.5 Å². The van der Waals surface area contributed by atoms with Gasteiger partial charge in [-0.15, -0.1) is 17.5 Å². The van der Waals surface area contributed by atoms with E-state index in [-0.39, 0.29) is 47.3 Å². The number of nitrogens with one attached hydrogen (secondary N) is 2. The Kier molecular flexibility index (Phi) is 5.87. The van der Waals surface area contributed by atoms with Crippen molar-refractivity contribution in [1.82, 2.24) is 10.2 Å². The molecule has 1 aromatic heterocycles. The van der Waals surface area contributed by atoms with E-state index in [0.29, 0.717) is 12.5 Å². The minimum atomic E-state index is -4.90. The molecule has 3 atom stereocenters. The number of aromatic amines is 1. The average molecular weight is 425 g/mol. The standard InChI is InChI=1S/C17H20F4N4O2.ClH/c1-7(9-6-12(22)16(9,2)3)23-11-5-8(14-24-25-15(26)27-14)4-10(18)13(11)17(19,20)21;/h4-5,7,9,12,23H,6,22H2,1-3H3,(H,25,26);1H/t7?,9-,12-;/m1./s1. The molecule has 0 aliphatic heterocycles. The summed E-state index contributed by atoms with van der Waals surface area (Å²) in [5, 5.41) is 8.31. The number of hydrogen-bond donors (Lipinski definition) is 3. The van der Waals surface area contributed by atoms with E-state index in [9.17, 15) is 22.4 Å². The Hall–Kier alpha value is -2.07. The fourth-order valence-corrected chi connectivity index (χ4v) is 3.68. The third kappa shape index (κ3) is 3.88. The Labute approximate surface area is 164 Å². The van der Waals surface area contributed by atoms with Gasteiger partial charge in [-0.3, -0.25) is 0 Å². The number of benzene rings is 1. The predicted octanol–water partition coefficient (Wildman–Crippen LogP) is 3.78. The number of alkyl halides is 3. The minimum absolute atomic E-state index is 0. The van der Waals surface area contributed by atoms with Gasteiger partial charge in [0, 0.05) is 17.6 Å². The second-order valence-electron chi connectivity index (χ2n) is 7.50. The van der Waals surface area contributed by atoms with Gasteiger partial charge in [-0.2, -0.15) is 13.2 Å². The molecule has 156 valence electrons. The molecule has 6 nitrogen and oxygen atoms in total. The third-order valence-electron chi connectivity index (χ3n) is 5.46. The van der Waals surface area contributed by atoms with Crippen LogP contribution in [0.5, 0.6) is 0 Å². The summed E-state index contributed by atoms with van der Waals surface area (Å²) in [6, 6.07) is 1.28. The van der Waals surface area contributed by atoms with Crippen molar-refractivity contribution < 1.29 is 22.0 Å². The topological polar surface area (TPSA) is 96.9 Å². The quantitative estimate of drug-likeness (QED) is 0.649. The molecule has 0 spiro atoms. The van der Waals surface area contributed by atoms with E-state index in [4.69, 9.17) is 10.2 Å². The molecule has 0 saturated heterocycles. The molecule has 11 heteroatoms. The molecule has 0 amide bonds. The van der Waals surface area contributed by atoms with E-state index in [0.717, 1.165) is 6.07 Å². The fourth-order valence-electron chi connectivity index (χ4n) is 3.68. The molecule has 0 radical (unpaired) electrons. The number of nitrogens with two attached hydrogens (primary N) is 1. The van der Waals surface area contributed by atoms with Crippen LogP contribution in [-0.2, 0) is 6.18 Å². The zero-order valence-electron chi connectivity index (χ0n) is 15.4. The van der Waals surface area contributed by atoms with Crippen LogP contribution >= 0.6 is 12.4 Å². The first-order valence-corrected chi connectivity index (χ1v) is 8.40. The van der Waals surface area contributed by atoms with Crippen LogP contribution in [0, 0.1) is 17.2 Å². The van der Waals surface area contributed by atoms with Crippen LogP contribution in [0.4, 0.5) is 23.2 Å². The van der Waals surface area contributed by atoms with E-state index in [2.05, 4.69) is 10.4 Å². The van der Waals surface area contributed by atoms with Gasteiger partial charge in [0.15, 0.2) is 0 Å². The first-order chi connectivity index (χ1) is 12.4. The van der Waals surface area contributed by atoms with Crippen molar-refractivity contribution in [2.75, 3.05) is 5.32 Å². The van der Waals surface area contributed by atoms with Crippen molar-refractivity contribution in [3.05, 3.63) is 34.1 Å². The van der Waals surface area contributed by atoms with E-state index in [1.807, 2.05) is 18.9 Å². The van der Waals surface area contributed by atoms with Crippen molar-refractivity contribution in [2.24, 2.45) is 17.1 Å². The summed E-state index contributed by atoms with van der Waals surface area (Å²) in [6.07, 6.45) is -4.25. The first-order valence-electron chi connectivity index (χ1n) is 8.40. The number of nitrogens with zero attached hydrogens (tertiary/aromatic N) is 1. The summed E-state index contributed by atoms with van der Waals surface area (Å²) in [5.41, 5.74) is 3.80. The Morgan fingerprint density at radius 2 is 2.04 bits per heavy atom. The van der Waals surface area contributed by atoms with Crippen molar-refractivity contribution in [1.29, 1.82) is 0 Å². The maximum atomic E-state index is 14.3. The minimum Gasteiger partial charge on any atom is -0.388 e. The Morgan fingerprint density at radius 3 is 2.50 bits per heavy atom. The van der Waals surface area contributed by atoms with E-state index in [1.165, 1.54) is 0 Å². The van der Waals surface area contributed by atoms with E-state index >= 15 is 0 Å². The SMILES string of the molecule is CC(Nc1cc(-c2n[nH]c(=O)o2)cc(F)c1C(F)(F)F)[C@H]1C[C@@H](N)C1(C)C.Cl. The van der Waals surface area contributed by atoms with Gasteiger partial charge in [-0.05, 0) is 36.8 Å². The molecule has 1 heterocycles. The van der Waals surface area contributed by atoms with E-state index < -0.39 is 29.0 Å². The van der Waals surface area contributed by atoms with Gasteiger partial charge in [0.2, 0.25) is 5.89 Å². The Bertz CT molecular complexity index is 909. The molecule has 3 rings (SSSR count). The molecule has 1 aliphatic rings. The lowest BCUT2D eigenvalue weighted by molar-refractivity contribution is -0.139. The molecule has 1 unspecified atom stereocenters. The summed E-state index contributed by atoms with van der Waals surface area (Å²) in [4.78, 5) is 11.1. The Balaban J connectivity index is 0.00000280. The molecule has 28 heavy (non-hydrogen) atoms. The summed E-state index contributed by atoms with van der Waals surface area (Å²) in [7, 11) is 0. The highest BCUT2D eigenvalue weighted by Crippen LogP contribution is 2.48. The van der Waals surface area contributed by atoms with Crippen molar-refractivity contribution in [3.63, 3.8) is 0 Å². The second-order valence-corrected chi connectivity index (χ2v) is 7.50. The third-order valence-corrected chi connectivity index (χ3v) is 5.46. The van der Waals surface area contributed by atoms with Crippen LogP contribution in [-0.4, -0.2) is 22.3 Å². The van der Waals surface area contributed by atoms with Gasteiger partial charge in [-0.1, -0.05) is 13.8 Å². The average Bonchev–Trinajstić information content (AvgIpc) is 2.97. The van der Waals surface area contributed by atoms with Gasteiger partial charge in [0.05, 0.1) is 5.69 Å². The molecule has 1 aromatic carbocycles. The van der Waals surface area contributed by atoms with Gasteiger partial charge < -0.3 is 15.5 Å². The number of hydrogen-bond acceptors (Lipinski definition) is 5. The van der Waals surface area contributed by atoms with Crippen molar-refractivity contribution in [2.45, 2.75) is 45.5 Å². The highest BCUT2D eigenvalue weighted by atomic mass is 35.5. The van der Waals surface area contributed by atoms with Crippen LogP contribution < -0.4 is 16.8 Å². The normalized spacial score (nSPS) is 22.1. The molecular formula is C17H21ClF4N4O2. The summed E-state index contributed by atoms with van der Waals surface area (Å²) >= 11 is 0. The first kappa shape index (κ1) is 22.2. The largest absolute Gasteiger partial charge is 0.434 e. The lowest BCUT2D eigenvalue weighted by Crippen LogP contribution is -2.59. The van der Waals surface area contributed by atoms with Crippen molar-refractivity contribution in [3.8, 4) is 11.5 Å². The molecule has 1 fully saturated rings. The number of halogens is 5. The number of rotatable bonds is 4. The van der Waals surface area contributed by atoms with Gasteiger partial charge in [-0.25, -0.2) is 14.3 Å². The number of anilines is 1. The molecule has 2 aromatic rings. The highest BCUT2D eigenvalue weighted by molar-refractivity contribution is 5.85. The maximum Gasteiger partial charge on any atom is 0.434 e. The van der Waals surface area contributed by atoms with Crippen LogP contribution in [0.15, 0.2) is 21.3 Å². The molecule has 1 aliphatic carbocycles. The zero-order chi connectivity index (χ0) is 20.1. The number of H-pyrrole nitrogens is 1. The summed E-state index contributed by atoms with van der Waals surface area (Å²) < 4.78 is 59.3. The predicted molar refractivity (Wildman–Crippen MR) is 97.7 cm³/mol. The van der Waals surface area contributed by atoms with Gasteiger partial charge in [0.25, 0.3) is 0 Å². The Morgan fingerprint density at radius 1 is 1.39 bits per heavy atom. The number of aromatic nitrogens is 2. The maximum absolute atomic E-state index is 14.3. The lowest BCUT2D eigenvalue weighted by Gasteiger charge is -2.53. The summed E-state index contributed by atoms with van der Waals surface area (Å²) in [5.74, 6) is -2.65. The van der Waals surface area contributed by atoms with Crippen LogP contribution in [0.3, 0.4) is 0 Å². The molecular weight excluding hydrogens is 404 g/mol. The van der Waals surface area contributed by atoms with Gasteiger partial charge in [0.1, 0.15) is 11.4 Å². The highest BCUT2D eigenvalue weighted by Gasteiger charge is 2.49.